The van der Waals surface area contributed by atoms with Gasteiger partial charge in [0.05, 0.1) is 29.5 Å². The van der Waals surface area contributed by atoms with Crippen LogP contribution in [0.4, 0.5) is 0 Å². The van der Waals surface area contributed by atoms with E-state index in [1.807, 2.05) is 10.9 Å². The quantitative estimate of drug-likeness (QED) is 0.793. The molecule has 0 spiro atoms. The van der Waals surface area contributed by atoms with Crippen molar-refractivity contribution in [1.29, 1.82) is 0 Å². The van der Waals surface area contributed by atoms with Gasteiger partial charge in [-0.05, 0) is 35.2 Å². The molecule has 1 aliphatic rings. The van der Waals surface area contributed by atoms with Crippen LogP contribution in [0.5, 0.6) is 0 Å². The van der Waals surface area contributed by atoms with E-state index in [0.717, 1.165) is 23.9 Å². The molecule has 2 rings (SSSR count). The SMILES string of the molecule is COCCn1ncc(Br)c1C1CCCC(Cl)C1. The maximum atomic E-state index is 6.27. The number of halogens is 2. The van der Waals surface area contributed by atoms with E-state index in [1.165, 1.54) is 18.5 Å². The van der Waals surface area contributed by atoms with Crippen LogP contribution in [0.3, 0.4) is 0 Å². The topological polar surface area (TPSA) is 27.1 Å². The Morgan fingerprint density at radius 1 is 1.59 bits per heavy atom. The van der Waals surface area contributed by atoms with Crippen LogP contribution < -0.4 is 0 Å². The molecule has 2 atom stereocenters. The Hall–Kier alpha value is -0.0600. The van der Waals surface area contributed by atoms with Crippen molar-refractivity contribution in [3.05, 3.63) is 16.4 Å². The number of ether oxygens (including phenoxy) is 1. The fourth-order valence-corrected chi connectivity index (χ4v) is 3.50. The zero-order valence-electron chi connectivity index (χ0n) is 10.0. The lowest BCUT2D eigenvalue weighted by Crippen LogP contribution is -2.19. The largest absolute Gasteiger partial charge is 0.383 e. The summed E-state index contributed by atoms with van der Waals surface area (Å²) in [6.07, 6.45) is 6.49. The molecule has 5 heteroatoms. The highest BCUT2D eigenvalue weighted by molar-refractivity contribution is 9.10. The highest BCUT2D eigenvalue weighted by atomic mass is 79.9. The van der Waals surface area contributed by atoms with Crippen molar-refractivity contribution in [3.8, 4) is 0 Å². The fourth-order valence-electron chi connectivity index (χ4n) is 2.51. The highest BCUT2D eigenvalue weighted by Gasteiger charge is 2.26. The van der Waals surface area contributed by atoms with Crippen molar-refractivity contribution in [2.75, 3.05) is 13.7 Å². The Balaban J connectivity index is 2.14. The smallest absolute Gasteiger partial charge is 0.0658 e. The second-order valence-corrected chi connectivity index (χ2v) is 6.03. The first-order valence-corrected chi connectivity index (χ1v) is 7.29. The third kappa shape index (κ3) is 3.24. The van der Waals surface area contributed by atoms with Gasteiger partial charge in [0.15, 0.2) is 0 Å². The van der Waals surface area contributed by atoms with Gasteiger partial charge in [-0.25, -0.2) is 0 Å². The fraction of sp³-hybridized carbons (Fsp3) is 0.750. The van der Waals surface area contributed by atoms with Gasteiger partial charge in [0.2, 0.25) is 0 Å². The first kappa shape index (κ1) is 13.4. The van der Waals surface area contributed by atoms with Crippen molar-refractivity contribution in [3.63, 3.8) is 0 Å². The molecule has 96 valence electrons. The molecule has 1 heterocycles. The summed E-state index contributed by atoms with van der Waals surface area (Å²) >= 11 is 9.86. The molecule has 0 aromatic carbocycles. The molecule has 0 radical (unpaired) electrons. The summed E-state index contributed by atoms with van der Waals surface area (Å²) in [5, 5.41) is 4.71. The van der Waals surface area contributed by atoms with Gasteiger partial charge in [-0.1, -0.05) is 6.42 Å². The van der Waals surface area contributed by atoms with Gasteiger partial charge in [-0.3, -0.25) is 4.68 Å². The summed E-state index contributed by atoms with van der Waals surface area (Å²) in [6, 6.07) is 0. The van der Waals surface area contributed by atoms with Crippen molar-refractivity contribution >= 4 is 27.5 Å². The van der Waals surface area contributed by atoms with Gasteiger partial charge in [-0.15, -0.1) is 11.6 Å². The van der Waals surface area contributed by atoms with Crippen LogP contribution in [-0.2, 0) is 11.3 Å². The van der Waals surface area contributed by atoms with Gasteiger partial charge < -0.3 is 4.74 Å². The van der Waals surface area contributed by atoms with Crippen LogP contribution >= 0.6 is 27.5 Å². The highest BCUT2D eigenvalue weighted by Crippen LogP contribution is 2.38. The minimum Gasteiger partial charge on any atom is -0.383 e. The van der Waals surface area contributed by atoms with Crippen molar-refractivity contribution in [1.82, 2.24) is 9.78 Å². The summed E-state index contributed by atoms with van der Waals surface area (Å²) in [5.74, 6) is 0.528. The van der Waals surface area contributed by atoms with Gasteiger partial charge >= 0.3 is 0 Å². The summed E-state index contributed by atoms with van der Waals surface area (Å²) in [6.45, 7) is 1.50. The Morgan fingerprint density at radius 3 is 3.12 bits per heavy atom. The number of aromatic nitrogens is 2. The predicted octanol–water partition coefficient (Wildman–Crippen LogP) is 3.56. The first-order valence-electron chi connectivity index (χ1n) is 6.06. The van der Waals surface area contributed by atoms with Crippen molar-refractivity contribution in [2.24, 2.45) is 0 Å². The molecule has 1 aliphatic carbocycles. The summed E-state index contributed by atoms with van der Waals surface area (Å²) < 4.78 is 8.27. The van der Waals surface area contributed by atoms with E-state index >= 15 is 0 Å². The normalized spacial score (nSPS) is 25.1. The second kappa shape index (κ2) is 6.21. The molecule has 0 aliphatic heterocycles. The number of methoxy groups -OCH3 is 1. The lowest BCUT2D eigenvalue weighted by Gasteiger charge is -2.26. The molecule has 17 heavy (non-hydrogen) atoms. The summed E-state index contributed by atoms with van der Waals surface area (Å²) in [7, 11) is 1.72. The number of nitrogens with zero attached hydrogens (tertiary/aromatic N) is 2. The molecular weight excluding hydrogens is 304 g/mol. The van der Waals surface area contributed by atoms with Crippen LogP contribution in [0.1, 0.15) is 37.3 Å². The van der Waals surface area contributed by atoms with E-state index in [2.05, 4.69) is 21.0 Å². The Bertz CT molecular complexity index is 369. The minimum atomic E-state index is 0.312. The summed E-state index contributed by atoms with van der Waals surface area (Å²) in [5.41, 5.74) is 1.28. The third-order valence-corrected chi connectivity index (χ3v) is 4.34. The maximum Gasteiger partial charge on any atom is 0.0658 e. The predicted molar refractivity (Wildman–Crippen MR) is 72.7 cm³/mol. The average molecular weight is 322 g/mol. The first-order chi connectivity index (χ1) is 8.22. The van der Waals surface area contributed by atoms with Gasteiger partial charge in [0, 0.05) is 18.4 Å². The van der Waals surface area contributed by atoms with E-state index in [1.54, 1.807) is 7.11 Å². The molecule has 1 aromatic heterocycles. The van der Waals surface area contributed by atoms with Crippen molar-refractivity contribution in [2.45, 2.75) is 43.5 Å². The van der Waals surface area contributed by atoms with E-state index in [9.17, 15) is 0 Å². The molecule has 0 saturated heterocycles. The molecule has 0 bridgehead atoms. The molecule has 0 amide bonds. The van der Waals surface area contributed by atoms with Crippen LogP contribution in [0.25, 0.3) is 0 Å². The molecule has 1 fully saturated rings. The van der Waals surface area contributed by atoms with E-state index in [0.29, 0.717) is 17.9 Å². The monoisotopic (exact) mass is 320 g/mol. The number of hydrogen-bond acceptors (Lipinski definition) is 2. The second-order valence-electron chi connectivity index (χ2n) is 4.55. The van der Waals surface area contributed by atoms with Gasteiger partial charge in [-0.2, -0.15) is 5.10 Å². The molecule has 0 N–H and O–H groups in total. The van der Waals surface area contributed by atoms with E-state index in [-0.39, 0.29) is 0 Å². The van der Waals surface area contributed by atoms with Crippen LogP contribution in [-0.4, -0.2) is 28.9 Å². The molecular formula is C12H18BrClN2O. The standard InChI is InChI=1S/C12H18BrClN2O/c1-17-6-5-16-12(11(13)8-15-16)9-3-2-4-10(14)7-9/h8-10H,2-7H2,1H3. The maximum absolute atomic E-state index is 6.27. The third-order valence-electron chi connectivity index (χ3n) is 3.34. The van der Waals surface area contributed by atoms with Crippen LogP contribution in [0, 0.1) is 0 Å². The van der Waals surface area contributed by atoms with E-state index < -0.39 is 0 Å². The number of hydrogen-bond donors (Lipinski definition) is 0. The Kier molecular flexibility index (Phi) is 4.88. The van der Waals surface area contributed by atoms with Gasteiger partial charge in [0.1, 0.15) is 0 Å². The zero-order chi connectivity index (χ0) is 12.3. The Morgan fingerprint density at radius 2 is 2.41 bits per heavy atom. The number of rotatable bonds is 4. The van der Waals surface area contributed by atoms with Gasteiger partial charge in [0.25, 0.3) is 0 Å². The lowest BCUT2D eigenvalue weighted by atomic mass is 9.86. The van der Waals surface area contributed by atoms with Crippen LogP contribution in [0.2, 0.25) is 0 Å². The molecule has 3 nitrogen and oxygen atoms in total. The minimum absolute atomic E-state index is 0.312. The zero-order valence-corrected chi connectivity index (χ0v) is 12.4. The Labute approximate surface area is 116 Å². The molecule has 2 unspecified atom stereocenters. The average Bonchev–Trinajstić information content (AvgIpc) is 2.68. The lowest BCUT2D eigenvalue weighted by molar-refractivity contribution is 0.181. The summed E-state index contributed by atoms with van der Waals surface area (Å²) in [4.78, 5) is 0. The molecule has 1 saturated carbocycles. The van der Waals surface area contributed by atoms with Crippen molar-refractivity contribution < 1.29 is 4.74 Å². The van der Waals surface area contributed by atoms with E-state index in [4.69, 9.17) is 16.3 Å². The number of alkyl halides is 1. The van der Waals surface area contributed by atoms with Crippen LogP contribution in [0.15, 0.2) is 10.7 Å². The molecule has 1 aromatic rings.